The van der Waals surface area contributed by atoms with Crippen molar-refractivity contribution in [2.24, 2.45) is 4.99 Å². The summed E-state index contributed by atoms with van der Waals surface area (Å²) in [6, 6.07) is 7.18. The van der Waals surface area contributed by atoms with Crippen LogP contribution in [0.2, 0.25) is 0 Å². The van der Waals surface area contributed by atoms with Crippen molar-refractivity contribution in [2.75, 3.05) is 11.1 Å². The molecular formula is C13H16N2S. The summed E-state index contributed by atoms with van der Waals surface area (Å²) in [5.74, 6) is 1.10. The molecule has 1 aliphatic carbocycles. The molecule has 0 fully saturated rings. The van der Waals surface area contributed by atoms with Gasteiger partial charge < -0.3 is 5.32 Å². The zero-order valence-corrected chi connectivity index (χ0v) is 10.3. The molecule has 0 radical (unpaired) electrons. The number of nitrogens with zero attached hydrogens (tertiary/aromatic N) is 1. The predicted octanol–water partition coefficient (Wildman–Crippen LogP) is 3.08. The minimum Gasteiger partial charge on any atom is -0.335 e. The molecule has 1 unspecified atom stereocenters. The van der Waals surface area contributed by atoms with E-state index in [4.69, 9.17) is 0 Å². The van der Waals surface area contributed by atoms with Gasteiger partial charge in [0.25, 0.3) is 0 Å². The van der Waals surface area contributed by atoms with Crippen LogP contribution >= 0.6 is 11.8 Å². The minimum absolute atomic E-state index is 0.460. The highest BCUT2D eigenvalue weighted by molar-refractivity contribution is 8.14. The summed E-state index contributed by atoms with van der Waals surface area (Å²) >= 11 is 1.82. The number of fused-ring (bicyclic) bond motifs is 1. The van der Waals surface area contributed by atoms with Crippen molar-refractivity contribution < 1.29 is 0 Å². The molecule has 16 heavy (non-hydrogen) atoms. The van der Waals surface area contributed by atoms with Gasteiger partial charge in [-0.15, -0.1) is 0 Å². The molecule has 1 aromatic rings. The number of rotatable bonds is 1. The lowest BCUT2D eigenvalue weighted by Gasteiger charge is -2.07. The lowest BCUT2D eigenvalue weighted by atomic mass is 10.1. The van der Waals surface area contributed by atoms with E-state index in [2.05, 4.69) is 35.4 Å². The quantitative estimate of drug-likeness (QED) is 0.804. The second kappa shape index (κ2) is 4.13. The third-order valence-electron chi connectivity index (χ3n) is 3.15. The molecule has 3 heteroatoms. The molecule has 0 spiro atoms. The molecule has 1 atom stereocenters. The maximum atomic E-state index is 4.55. The summed E-state index contributed by atoms with van der Waals surface area (Å²) in [4.78, 5) is 4.55. The fourth-order valence-electron chi connectivity index (χ4n) is 2.32. The summed E-state index contributed by atoms with van der Waals surface area (Å²) in [6.07, 6.45) is 3.80. The first-order valence-corrected chi connectivity index (χ1v) is 6.89. The number of nitrogens with one attached hydrogen (secondary N) is 1. The van der Waals surface area contributed by atoms with E-state index in [1.807, 2.05) is 11.8 Å². The van der Waals surface area contributed by atoms with Crippen molar-refractivity contribution in [3.8, 4) is 0 Å². The van der Waals surface area contributed by atoms with E-state index >= 15 is 0 Å². The zero-order chi connectivity index (χ0) is 11.0. The van der Waals surface area contributed by atoms with E-state index in [-0.39, 0.29) is 0 Å². The van der Waals surface area contributed by atoms with Crippen molar-refractivity contribution in [3.63, 3.8) is 0 Å². The summed E-state index contributed by atoms with van der Waals surface area (Å²) in [5, 5.41) is 4.49. The van der Waals surface area contributed by atoms with Gasteiger partial charge in [0.1, 0.15) is 0 Å². The molecule has 3 rings (SSSR count). The van der Waals surface area contributed by atoms with Gasteiger partial charge in [0, 0.05) is 11.4 Å². The first-order valence-electron chi connectivity index (χ1n) is 5.91. The number of aryl methyl sites for hydroxylation is 2. The molecule has 0 amide bonds. The van der Waals surface area contributed by atoms with E-state index in [1.54, 1.807) is 0 Å². The van der Waals surface area contributed by atoms with Crippen LogP contribution in [-0.2, 0) is 12.8 Å². The van der Waals surface area contributed by atoms with Gasteiger partial charge in [-0.1, -0.05) is 17.8 Å². The number of hydrogen-bond donors (Lipinski definition) is 1. The van der Waals surface area contributed by atoms with E-state index in [1.165, 1.54) is 36.1 Å². The van der Waals surface area contributed by atoms with E-state index in [0.29, 0.717) is 6.04 Å². The smallest absolute Gasteiger partial charge is 0.161 e. The number of benzene rings is 1. The van der Waals surface area contributed by atoms with Crippen LogP contribution < -0.4 is 5.32 Å². The fraction of sp³-hybridized carbons (Fsp3) is 0.462. The lowest BCUT2D eigenvalue weighted by molar-refractivity contribution is 0.865. The minimum atomic E-state index is 0.460. The Hall–Kier alpha value is -0.960. The van der Waals surface area contributed by atoms with Gasteiger partial charge in [0.2, 0.25) is 0 Å². The molecule has 1 N–H and O–H groups in total. The Morgan fingerprint density at radius 2 is 2.19 bits per heavy atom. The second-order valence-corrected chi connectivity index (χ2v) is 5.57. The normalized spacial score (nSPS) is 23.1. The van der Waals surface area contributed by atoms with Crippen LogP contribution in [0, 0.1) is 0 Å². The number of amidine groups is 1. The van der Waals surface area contributed by atoms with Crippen molar-refractivity contribution in [1.29, 1.82) is 0 Å². The van der Waals surface area contributed by atoms with Crippen LogP contribution in [-0.4, -0.2) is 17.0 Å². The first-order chi connectivity index (χ1) is 7.81. The fourth-order valence-corrected chi connectivity index (χ4v) is 3.23. The van der Waals surface area contributed by atoms with Crippen LogP contribution in [0.25, 0.3) is 0 Å². The number of hydrogen-bond acceptors (Lipinski definition) is 3. The Morgan fingerprint density at radius 3 is 3.00 bits per heavy atom. The van der Waals surface area contributed by atoms with Crippen molar-refractivity contribution in [3.05, 3.63) is 29.3 Å². The van der Waals surface area contributed by atoms with Gasteiger partial charge in [-0.2, -0.15) is 0 Å². The average molecular weight is 232 g/mol. The lowest BCUT2D eigenvalue weighted by Crippen LogP contribution is -2.05. The third kappa shape index (κ3) is 1.96. The Morgan fingerprint density at radius 1 is 1.31 bits per heavy atom. The maximum absolute atomic E-state index is 4.55. The Balaban J connectivity index is 1.78. The summed E-state index contributed by atoms with van der Waals surface area (Å²) in [6.45, 7) is 2.16. The summed E-state index contributed by atoms with van der Waals surface area (Å²) in [7, 11) is 0. The molecule has 1 aromatic carbocycles. The van der Waals surface area contributed by atoms with Crippen molar-refractivity contribution in [1.82, 2.24) is 0 Å². The van der Waals surface area contributed by atoms with Crippen LogP contribution in [0.15, 0.2) is 23.2 Å². The van der Waals surface area contributed by atoms with Crippen LogP contribution in [0.3, 0.4) is 0 Å². The summed E-state index contributed by atoms with van der Waals surface area (Å²) in [5.41, 5.74) is 4.24. The van der Waals surface area contributed by atoms with Crippen LogP contribution in [0.1, 0.15) is 24.5 Å². The first kappa shape index (κ1) is 10.2. The van der Waals surface area contributed by atoms with Gasteiger partial charge in [-0.3, -0.25) is 4.99 Å². The highest BCUT2D eigenvalue weighted by Gasteiger charge is 2.15. The molecule has 84 valence electrons. The van der Waals surface area contributed by atoms with Gasteiger partial charge >= 0.3 is 0 Å². The molecule has 1 heterocycles. The second-order valence-electron chi connectivity index (χ2n) is 4.56. The van der Waals surface area contributed by atoms with Gasteiger partial charge in [-0.05, 0) is 49.4 Å². The van der Waals surface area contributed by atoms with Crippen molar-refractivity contribution in [2.45, 2.75) is 32.2 Å². The van der Waals surface area contributed by atoms with Gasteiger partial charge in [0.15, 0.2) is 5.17 Å². The molecule has 2 nitrogen and oxygen atoms in total. The average Bonchev–Trinajstić information content (AvgIpc) is 2.87. The molecule has 1 aliphatic heterocycles. The Bertz CT molecular complexity index is 440. The highest BCUT2D eigenvalue weighted by atomic mass is 32.2. The topological polar surface area (TPSA) is 24.4 Å². The maximum Gasteiger partial charge on any atom is 0.161 e. The summed E-state index contributed by atoms with van der Waals surface area (Å²) < 4.78 is 0. The Kier molecular flexibility index (Phi) is 2.64. The largest absolute Gasteiger partial charge is 0.335 e. The van der Waals surface area contributed by atoms with E-state index in [9.17, 15) is 0 Å². The Labute approximate surface area is 101 Å². The van der Waals surface area contributed by atoms with Crippen molar-refractivity contribution >= 4 is 22.6 Å². The van der Waals surface area contributed by atoms with Gasteiger partial charge in [0.05, 0.1) is 6.04 Å². The number of thioether (sulfide) groups is 1. The van der Waals surface area contributed by atoms with Gasteiger partial charge in [-0.25, -0.2) is 0 Å². The third-order valence-corrected chi connectivity index (χ3v) is 4.28. The van der Waals surface area contributed by atoms with Crippen LogP contribution in [0.4, 0.5) is 5.69 Å². The van der Waals surface area contributed by atoms with E-state index < -0.39 is 0 Å². The molecule has 0 aromatic heterocycles. The van der Waals surface area contributed by atoms with E-state index in [0.717, 1.165) is 10.9 Å². The predicted molar refractivity (Wildman–Crippen MR) is 71.4 cm³/mol. The SMILES string of the molecule is CC1CSC(Nc2ccc3c(c2)CCC3)=N1. The number of anilines is 1. The van der Waals surface area contributed by atoms with Crippen LogP contribution in [0.5, 0.6) is 0 Å². The zero-order valence-electron chi connectivity index (χ0n) is 9.49. The molecule has 0 saturated heterocycles. The molecule has 0 bridgehead atoms. The highest BCUT2D eigenvalue weighted by Crippen LogP contribution is 2.26. The monoisotopic (exact) mass is 232 g/mol. The molecular weight excluding hydrogens is 216 g/mol. The number of aliphatic imine (C=N–C) groups is 1. The standard InChI is InChI=1S/C13H16N2S/c1-9-8-16-13(14-9)15-12-6-5-10-3-2-4-11(10)7-12/h5-7,9H,2-4,8H2,1H3,(H,14,15). The molecule has 2 aliphatic rings. The molecule has 0 saturated carbocycles.